The fourth-order valence-corrected chi connectivity index (χ4v) is 3.58. The van der Waals surface area contributed by atoms with E-state index in [0.29, 0.717) is 17.0 Å². The van der Waals surface area contributed by atoms with Crippen molar-refractivity contribution in [3.63, 3.8) is 0 Å². The van der Waals surface area contributed by atoms with Gasteiger partial charge in [0, 0.05) is 5.56 Å². The number of aromatic nitrogens is 4. The van der Waals surface area contributed by atoms with Crippen molar-refractivity contribution in [3.05, 3.63) is 82.7 Å². The van der Waals surface area contributed by atoms with Crippen LogP contribution in [0.25, 0.3) is 33.3 Å². The van der Waals surface area contributed by atoms with Crippen molar-refractivity contribution in [2.24, 2.45) is 0 Å². The molecule has 0 spiro atoms. The van der Waals surface area contributed by atoms with Gasteiger partial charge in [-0.25, -0.2) is 23.7 Å². The van der Waals surface area contributed by atoms with E-state index in [2.05, 4.69) is 25.3 Å². The Balaban J connectivity index is 1.74. The summed E-state index contributed by atoms with van der Waals surface area (Å²) in [4.78, 5) is 28.7. The van der Waals surface area contributed by atoms with Gasteiger partial charge in [-0.1, -0.05) is 24.3 Å². The first-order valence-electron chi connectivity index (χ1n) is 9.45. The molecule has 2 aromatic carbocycles. The maximum absolute atomic E-state index is 14.7. The largest absolute Gasteiger partial charge is 0.458 e. The molecule has 0 saturated carbocycles. The zero-order valence-electron chi connectivity index (χ0n) is 16.2. The number of benzene rings is 2. The third kappa shape index (κ3) is 3.10. The van der Waals surface area contributed by atoms with Crippen molar-refractivity contribution in [2.45, 2.75) is 13.0 Å². The monoisotopic (exact) mass is 419 g/mol. The summed E-state index contributed by atoms with van der Waals surface area (Å²) in [6.07, 6.45) is 2.85. The predicted molar refractivity (Wildman–Crippen MR) is 112 cm³/mol. The minimum atomic E-state index is -0.731. The highest BCUT2D eigenvalue weighted by atomic mass is 19.1. The summed E-state index contributed by atoms with van der Waals surface area (Å²) in [5.74, 6) is -0.795. The molecule has 154 valence electrons. The van der Waals surface area contributed by atoms with Crippen LogP contribution in [-0.2, 0) is 0 Å². The first-order chi connectivity index (χ1) is 15.0. The van der Waals surface area contributed by atoms with Crippen LogP contribution in [0, 0.1) is 11.6 Å². The smallest absolute Gasteiger partial charge is 0.203 e. The van der Waals surface area contributed by atoms with Crippen LogP contribution in [0.15, 0.2) is 64.3 Å². The van der Waals surface area contributed by atoms with Gasteiger partial charge in [-0.3, -0.25) is 4.79 Å². The molecule has 7 nitrogen and oxygen atoms in total. The van der Waals surface area contributed by atoms with Gasteiger partial charge in [0.15, 0.2) is 11.5 Å². The second-order valence-corrected chi connectivity index (χ2v) is 6.95. The van der Waals surface area contributed by atoms with Gasteiger partial charge in [0.1, 0.15) is 40.2 Å². The number of hydrogen-bond donors (Lipinski definition) is 2. The average Bonchev–Trinajstić information content (AvgIpc) is 3.24. The van der Waals surface area contributed by atoms with Crippen LogP contribution in [0.2, 0.25) is 0 Å². The third-order valence-corrected chi connectivity index (χ3v) is 5.00. The lowest BCUT2D eigenvalue weighted by molar-refractivity contribution is 0.512. The Labute approximate surface area is 173 Å². The molecule has 0 aliphatic rings. The van der Waals surface area contributed by atoms with E-state index >= 15 is 0 Å². The lowest BCUT2D eigenvalue weighted by atomic mass is 9.98. The third-order valence-electron chi connectivity index (χ3n) is 5.00. The Morgan fingerprint density at radius 3 is 2.68 bits per heavy atom. The molecule has 0 radical (unpaired) electrons. The molecule has 0 amide bonds. The van der Waals surface area contributed by atoms with Crippen LogP contribution in [-0.4, -0.2) is 19.9 Å². The van der Waals surface area contributed by atoms with Gasteiger partial charge in [0.2, 0.25) is 5.43 Å². The van der Waals surface area contributed by atoms with E-state index in [1.807, 2.05) is 0 Å². The molecular weight excluding hydrogens is 404 g/mol. The van der Waals surface area contributed by atoms with E-state index in [1.165, 1.54) is 49.1 Å². The molecule has 3 heterocycles. The molecule has 1 unspecified atom stereocenters. The van der Waals surface area contributed by atoms with Crippen molar-refractivity contribution in [3.8, 4) is 11.1 Å². The zero-order chi connectivity index (χ0) is 21.5. The Bertz CT molecular complexity index is 1490. The molecule has 9 heteroatoms. The van der Waals surface area contributed by atoms with Crippen LogP contribution < -0.4 is 10.7 Å². The maximum atomic E-state index is 14.7. The molecule has 1 atom stereocenters. The molecule has 3 aromatic heterocycles. The molecule has 0 bridgehead atoms. The number of nitrogens with zero attached hydrogens (tertiary/aromatic N) is 3. The molecule has 0 aliphatic carbocycles. The van der Waals surface area contributed by atoms with E-state index in [0.717, 1.165) is 0 Å². The van der Waals surface area contributed by atoms with Gasteiger partial charge in [-0.05, 0) is 25.1 Å². The molecule has 0 aliphatic heterocycles. The lowest BCUT2D eigenvalue weighted by Gasteiger charge is -2.18. The summed E-state index contributed by atoms with van der Waals surface area (Å²) < 4.78 is 35.1. The highest BCUT2D eigenvalue weighted by Gasteiger charge is 2.25. The highest BCUT2D eigenvalue weighted by Crippen LogP contribution is 2.33. The second-order valence-electron chi connectivity index (χ2n) is 6.95. The van der Waals surface area contributed by atoms with E-state index in [-0.39, 0.29) is 27.9 Å². The first-order valence-corrected chi connectivity index (χ1v) is 9.45. The van der Waals surface area contributed by atoms with Crippen LogP contribution in [0.3, 0.4) is 0 Å². The van der Waals surface area contributed by atoms with E-state index in [4.69, 9.17) is 4.42 Å². The highest BCUT2D eigenvalue weighted by molar-refractivity contribution is 5.85. The number of nitrogens with one attached hydrogen (secondary N) is 2. The normalized spacial score (nSPS) is 12.4. The van der Waals surface area contributed by atoms with Crippen molar-refractivity contribution in [1.29, 1.82) is 0 Å². The van der Waals surface area contributed by atoms with Crippen LogP contribution in [0.5, 0.6) is 0 Å². The quantitative estimate of drug-likeness (QED) is 0.443. The number of halogens is 2. The standard InChI is InChI=1S/C22H15F2N5O2/c1-11(29-22-18-21(26-9-25-18)27-10-28-22)20-16(12-5-2-3-6-13(12)23)19(30)17-14(24)7-4-8-15(17)31-20/h2-11H,1H3,(H2,25,26,27,28,29). The molecule has 5 rings (SSSR count). The summed E-state index contributed by atoms with van der Waals surface area (Å²) in [7, 11) is 0. The summed E-state index contributed by atoms with van der Waals surface area (Å²) in [6, 6.07) is 9.29. The second kappa shape index (κ2) is 7.28. The lowest BCUT2D eigenvalue weighted by Crippen LogP contribution is -2.17. The van der Waals surface area contributed by atoms with Crippen molar-refractivity contribution < 1.29 is 13.2 Å². The van der Waals surface area contributed by atoms with E-state index in [9.17, 15) is 13.6 Å². The maximum Gasteiger partial charge on any atom is 0.203 e. The Kier molecular flexibility index (Phi) is 4.43. The molecule has 5 aromatic rings. The first kappa shape index (κ1) is 18.9. The molecule has 0 fully saturated rings. The molecular formula is C22H15F2N5O2. The SMILES string of the molecule is CC(Nc1ncnc2[nH]cnc12)c1oc2cccc(F)c2c(=O)c1-c1ccccc1F. The number of hydrogen-bond acceptors (Lipinski definition) is 6. The van der Waals surface area contributed by atoms with Crippen LogP contribution >= 0.6 is 0 Å². The molecule has 2 N–H and O–H groups in total. The summed E-state index contributed by atoms with van der Waals surface area (Å²) >= 11 is 0. The van der Waals surface area contributed by atoms with Gasteiger partial charge >= 0.3 is 0 Å². The summed E-state index contributed by atoms with van der Waals surface area (Å²) in [5, 5.41) is 2.91. The van der Waals surface area contributed by atoms with Crippen LogP contribution in [0.1, 0.15) is 18.7 Å². The van der Waals surface area contributed by atoms with E-state index < -0.39 is 23.1 Å². The van der Waals surface area contributed by atoms with Gasteiger partial charge in [0.05, 0.1) is 17.9 Å². The number of H-pyrrole nitrogens is 1. The number of imidazole rings is 1. The fraction of sp³-hybridized carbons (Fsp3) is 0.0909. The molecule has 0 saturated heterocycles. The fourth-order valence-electron chi connectivity index (χ4n) is 3.58. The summed E-state index contributed by atoms with van der Waals surface area (Å²) in [5.41, 5.74) is 0.416. The Morgan fingerprint density at radius 1 is 1.03 bits per heavy atom. The van der Waals surface area contributed by atoms with Gasteiger partial charge in [-0.2, -0.15) is 0 Å². The minimum absolute atomic E-state index is 0.0256. The minimum Gasteiger partial charge on any atom is -0.458 e. The van der Waals surface area contributed by atoms with E-state index in [1.54, 1.807) is 13.0 Å². The predicted octanol–water partition coefficient (Wildman–Crippen LogP) is 4.58. The van der Waals surface area contributed by atoms with Gasteiger partial charge < -0.3 is 14.7 Å². The van der Waals surface area contributed by atoms with Crippen molar-refractivity contribution >= 4 is 28.0 Å². The van der Waals surface area contributed by atoms with Crippen LogP contribution in [0.4, 0.5) is 14.6 Å². The van der Waals surface area contributed by atoms with Crippen molar-refractivity contribution in [1.82, 2.24) is 19.9 Å². The summed E-state index contributed by atoms with van der Waals surface area (Å²) in [6.45, 7) is 1.73. The van der Waals surface area contributed by atoms with Gasteiger partial charge in [-0.15, -0.1) is 0 Å². The van der Waals surface area contributed by atoms with Crippen molar-refractivity contribution in [2.75, 3.05) is 5.32 Å². The number of anilines is 1. The number of fused-ring (bicyclic) bond motifs is 2. The van der Waals surface area contributed by atoms with Gasteiger partial charge in [0.25, 0.3) is 0 Å². The average molecular weight is 419 g/mol. The Morgan fingerprint density at radius 2 is 1.84 bits per heavy atom. The topological polar surface area (TPSA) is 96.7 Å². The molecule has 31 heavy (non-hydrogen) atoms. The number of aromatic amines is 1. The number of rotatable bonds is 4. The zero-order valence-corrected chi connectivity index (χ0v) is 16.2. The Hall–Kier alpha value is -4.14.